The highest BCUT2D eigenvalue weighted by Gasteiger charge is 2.23. The molecule has 1 heterocycles. The predicted molar refractivity (Wildman–Crippen MR) is 71.7 cm³/mol. The van der Waals surface area contributed by atoms with Gasteiger partial charge in [-0.25, -0.2) is 0 Å². The maximum absolute atomic E-state index is 10.6. The van der Waals surface area contributed by atoms with E-state index in [9.17, 15) is 10.1 Å². The average Bonchev–Trinajstić information content (AvgIpc) is 2.78. The number of nitrogens with zero attached hydrogens (tertiary/aromatic N) is 2. The first-order valence-electron chi connectivity index (χ1n) is 6.68. The molecule has 4 heteroatoms. The summed E-state index contributed by atoms with van der Waals surface area (Å²) in [7, 11) is 0. The van der Waals surface area contributed by atoms with Crippen LogP contribution in [-0.4, -0.2) is 29.0 Å². The smallest absolute Gasteiger partial charge is 0.269 e. The van der Waals surface area contributed by atoms with E-state index in [1.807, 2.05) is 12.1 Å². The lowest BCUT2D eigenvalue weighted by atomic mass is 10.0. The number of nitro benzene ring substituents is 1. The lowest BCUT2D eigenvalue weighted by Gasteiger charge is -2.23. The Balaban J connectivity index is 1.98. The van der Waals surface area contributed by atoms with Gasteiger partial charge in [0, 0.05) is 18.2 Å². The molecule has 1 aromatic rings. The van der Waals surface area contributed by atoms with E-state index >= 15 is 0 Å². The van der Waals surface area contributed by atoms with Crippen LogP contribution >= 0.6 is 0 Å². The minimum atomic E-state index is -0.345. The van der Waals surface area contributed by atoms with E-state index in [2.05, 4.69) is 11.8 Å². The second kappa shape index (κ2) is 5.96. The summed E-state index contributed by atoms with van der Waals surface area (Å²) in [5.41, 5.74) is 1.38. The first-order valence-corrected chi connectivity index (χ1v) is 6.68. The minimum Gasteiger partial charge on any atom is -0.300 e. The zero-order chi connectivity index (χ0) is 13.0. The molecule has 4 nitrogen and oxygen atoms in total. The van der Waals surface area contributed by atoms with E-state index in [0.717, 1.165) is 13.0 Å². The van der Waals surface area contributed by atoms with Crippen molar-refractivity contribution in [1.82, 2.24) is 4.90 Å². The lowest BCUT2D eigenvalue weighted by molar-refractivity contribution is -0.384. The second-order valence-electron chi connectivity index (χ2n) is 4.96. The number of benzene rings is 1. The molecule has 1 aliphatic rings. The zero-order valence-corrected chi connectivity index (χ0v) is 10.8. The van der Waals surface area contributed by atoms with Crippen molar-refractivity contribution in [3.05, 3.63) is 39.9 Å². The number of hydrogen-bond acceptors (Lipinski definition) is 3. The Kier molecular flexibility index (Phi) is 4.31. The molecule has 1 saturated heterocycles. The standard InChI is InChI=1S/C14H20N2O2/c1-2-9-15-10-3-4-14(15)11-12-5-7-13(8-6-12)16(17)18/h5-8,14H,2-4,9-11H2,1H3. The summed E-state index contributed by atoms with van der Waals surface area (Å²) in [5, 5.41) is 10.6. The van der Waals surface area contributed by atoms with Gasteiger partial charge in [0.2, 0.25) is 0 Å². The largest absolute Gasteiger partial charge is 0.300 e. The lowest BCUT2D eigenvalue weighted by Crippen LogP contribution is -2.31. The molecule has 0 amide bonds. The van der Waals surface area contributed by atoms with Crippen LogP contribution in [0.4, 0.5) is 5.69 Å². The summed E-state index contributed by atoms with van der Waals surface area (Å²) in [6.45, 7) is 4.57. The van der Waals surface area contributed by atoms with Crippen LogP contribution in [0.3, 0.4) is 0 Å². The Bertz CT molecular complexity index is 403. The Labute approximate surface area is 108 Å². The van der Waals surface area contributed by atoms with Crippen LogP contribution in [0.1, 0.15) is 31.7 Å². The Morgan fingerprint density at radius 2 is 2.11 bits per heavy atom. The summed E-state index contributed by atoms with van der Waals surface area (Å²) in [4.78, 5) is 12.8. The van der Waals surface area contributed by atoms with Gasteiger partial charge in [-0.05, 0) is 44.3 Å². The molecule has 98 valence electrons. The van der Waals surface area contributed by atoms with Gasteiger partial charge in [0.1, 0.15) is 0 Å². The van der Waals surface area contributed by atoms with Crippen molar-refractivity contribution >= 4 is 5.69 Å². The van der Waals surface area contributed by atoms with E-state index in [1.54, 1.807) is 12.1 Å². The SMILES string of the molecule is CCCN1CCCC1Cc1ccc([N+](=O)[O-])cc1. The molecule has 1 aliphatic heterocycles. The highest BCUT2D eigenvalue weighted by molar-refractivity contribution is 5.33. The van der Waals surface area contributed by atoms with Crippen molar-refractivity contribution in [3.8, 4) is 0 Å². The molecular formula is C14H20N2O2. The van der Waals surface area contributed by atoms with Gasteiger partial charge in [0.25, 0.3) is 5.69 Å². The van der Waals surface area contributed by atoms with Crippen LogP contribution in [0.25, 0.3) is 0 Å². The molecule has 1 unspecified atom stereocenters. The molecule has 0 aromatic heterocycles. The molecule has 0 saturated carbocycles. The third-order valence-electron chi connectivity index (χ3n) is 3.63. The monoisotopic (exact) mass is 248 g/mol. The van der Waals surface area contributed by atoms with E-state index in [4.69, 9.17) is 0 Å². The highest BCUT2D eigenvalue weighted by atomic mass is 16.6. The van der Waals surface area contributed by atoms with Gasteiger partial charge in [-0.2, -0.15) is 0 Å². The summed E-state index contributed by atoms with van der Waals surface area (Å²) < 4.78 is 0. The molecule has 2 rings (SSSR count). The molecule has 0 radical (unpaired) electrons. The van der Waals surface area contributed by atoms with Crippen molar-refractivity contribution in [3.63, 3.8) is 0 Å². The molecule has 0 bridgehead atoms. The van der Waals surface area contributed by atoms with Crippen LogP contribution in [0.2, 0.25) is 0 Å². The summed E-state index contributed by atoms with van der Waals surface area (Å²) in [6.07, 6.45) is 4.73. The number of likely N-dealkylation sites (tertiary alicyclic amines) is 1. The maximum Gasteiger partial charge on any atom is 0.269 e. The van der Waals surface area contributed by atoms with Gasteiger partial charge in [-0.3, -0.25) is 10.1 Å². The zero-order valence-electron chi connectivity index (χ0n) is 10.8. The first kappa shape index (κ1) is 13.0. The average molecular weight is 248 g/mol. The first-order chi connectivity index (χ1) is 8.70. The summed E-state index contributed by atoms with van der Waals surface area (Å²) in [6, 6.07) is 7.61. The highest BCUT2D eigenvalue weighted by Crippen LogP contribution is 2.22. The van der Waals surface area contributed by atoms with Crippen LogP contribution in [0, 0.1) is 10.1 Å². The molecule has 1 fully saturated rings. The van der Waals surface area contributed by atoms with Crippen LogP contribution < -0.4 is 0 Å². The predicted octanol–water partition coefficient (Wildman–Crippen LogP) is 3.01. The van der Waals surface area contributed by atoms with Crippen molar-refractivity contribution in [1.29, 1.82) is 0 Å². The normalized spacial score (nSPS) is 20.2. The van der Waals surface area contributed by atoms with E-state index in [-0.39, 0.29) is 10.6 Å². The number of rotatable bonds is 5. The Morgan fingerprint density at radius 3 is 2.72 bits per heavy atom. The second-order valence-corrected chi connectivity index (χ2v) is 4.96. The molecule has 18 heavy (non-hydrogen) atoms. The molecule has 0 N–H and O–H groups in total. The molecular weight excluding hydrogens is 228 g/mol. The molecule has 1 atom stereocenters. The van der Waals surface area contributed by atoms with Gasteiger partial charge < -0.3 is 4.90 Å². The fourth-order valence-corrected chi connectivity index (χ4v) is 2.73. The minimum absolute atomic E-state index is 0.176. The number of non-ortho nitro benzene ring substituents is 1. The molecule has 0 aliphatic carbocycles. The van der Waals surface area contributed by atoms with Crippen LogP contribution in [0.5, 0.6) is 0 Å². The van der Waals surface area contributed by atoms with Gasteiger partial charge in [0.05, 0.1) is 4.92 Å². The van der Waals surface area contributed by atoms with Crippen molar-refractivity contribution < 1.29 is 4.92 Å². The van der Waals surface area contributed by atoms with E-state index in [1.165, 1.54) is 31.4 Å². The van der Waals surface area contributed by atoms with Crippen molar-refractivity contribution in [2.75, 3.05) is 13.1 Å². The van der Waals surface area contributed by atoms with E-state index < -0.39 is 0 Å². The molecule has 1 aromatic carbocycles. The van der Waals surface area contributed by atoms with Crippen molar-refractivity contribution in [2.24, 2.45) is 0 Å². The van der Waals surface area contributed by atoms with Gasteiger partial charge in [0.15, 0.2) is 0 Å². The van der Waals surface area contributed by atoms with E-state index in [0.29, 0.717) is 6.04 Å². The van der Waals surface area contributed by atoms with Crippen molar-refractivity contribution in [2.45, 2.75) is 38.6 Å². The fraction of sp³-hybridized carbons (Fsp3) is 0.571. The molecule has 0 spiro atoms. The van der Waals surface area contributed by atoms with Gasteiger partial charge in [-0.1, -0.05) is 19.1 Å². The summed E-state index contributed by atoms with van der Waals surface area (Å²) >= 11 is 0. The third kappa shape index (κ3) is 3.07. The fourth-order valence-electron chi connectivity index (χ4n) is 2.73. The Hall–Kier alpha value is -1.42. The van der Waals surface area contributed by atoms with Crippen LogP contribution in [-0.2, 0) is 6.42 Å². The summed E-state index contributed by atoms with van der Waals surface area (Å²) in [5.74, 6) is 0. The van der Waals surface area contributed by atoms with Crippen LogP contribution in [0.15, 0.2) is 24.3 Å². The number of hydrogen-bond donors (Lipinski definition) is 0. The third-order valence-corrected chi connectivity index (χ3v) is 3.63. The topological polar surface area (TPSA) is 46.4 Å². The van der Waals surface area contributed by atoms with Gasteiger partial charge in [-0.15, -0.1) is 0 Å². The quantitative estimate of drug-likeness (QED) is 0.594. The van der Waals surface area contributed by atoms with Gasteiger partial charge >= 0.3 is 0 Å². The Morgan fingerprint density at radius 1 is 1.39 bits per heavy atom. The number of nitro groups is 1. The maximum atomic E-state index is 10.6.